The topological polar surface area (TPSA) is 66.5 Å². The molecule has 1 amide bonds. The summed E-state index contributed by atoms with van der Waals surface area (Å²) in [6, 6.07) is 7.69. The van der Waals surface area contributed by atoms with E-state index in [0.29, 0.717) is 29.6 Å². The number of aryl methyl sites for hydroxylation is 1. The van der Waals surface area contributed by atoms with Gasteiger partial charge < -0.3 is 5.32 Å². The molecular weight excluding hydrogens is 410 g/mol. The van der Waals surface area contributed by atoms with Gasteiger partial charge in [-0.2, -0.15) is 4.31 Å². The van der Waals surface area contributed by atoms with Crippen LogP contribution >= 0.6 is 11.6 Å². The fraction of sp³-hybridized carbons (Fsp3) is 0.316. The number of carbonyl (C=O) groups is 1. The van der Waals surface area contributed by atoms with Crippen LogP contribution in [0.5, 0.6) is 0 Å². The Morgan fingerprint density at radius 2 is 1.79 bits per heavy atom. The number of nitrogens with zero attached hydrogens (tertiary/aromatic N) is 1. The molecule has 28 heavy (non-hydrogen) atoms. The van der Waals surface area contributed by atoms with Gasteiger partial charge in [0.1, 0.15) is 0 Å². The van der Waals surface area contributed by atoms with Crippen molar-refractivity contribution in [2.45, 2.75) is 24.7 Å². The summed E-state index contributed by atoms with van der Waals surface area (Å²) < 4.78 is 52.9. The summed E-state index contributed by atoms with van der Waals surface area (Å²) in [4.78, 5) is 12.2. The molecule has 0 radical (unpaired) electrons. The first-order chi connectivity index (χ1) is 13.2. The second-order valence-electron chi connectivity index (χ2n) is 6.70. The van der Waals surface area contributed by atoms with Crippen LogP contribution in [0.25, 0.3) is 0 Å². The number of anilines is 1. The highest BCUT2D eigenvalue weighted by molar-refractivity contribution is 7.89. The molecule has 1 aliphatic heterocycles. The van der Waals surface area contributed by atoms with Crippen molar-refractivity contribution in [3.8, 4) is 0 Å². The first-order valence-corrected chi connectivity index (χ1v) is 10.5. The fourth-order valence-corrected chi connectivity index (χ4v) is 4.76. The maximum absolute atomic E-state index is 13.4. The lowest BCUT2D eigenvalue weighted by molar-refractivity contribution is -0.120. The van der Waals surface area contributed by atoms with Crippen LogP contribution in [-0.2, 0) is 14.8 Å². The monoisotopic (exact) mass is 428 g/mol. The first-order valence-electron chi connectivity index (χ1n) is 8.70. The van der Waals surface area contributed by atoms with E-state index in [1.165, 1.54) is 4.31 Å². The normalized spacial score (nSPS) is 16.1. The fourth-order valence-electron chi connectivity index (χ4n) is 3.11. The molecule has 0 bridgehead atoms. The van der Waals surface area contributed by atoms with Crippen molar-refractivity contribution in [1.29, 1.82) is 0 Å². The SMILES string of the molecule is Cc1ccc(Cl)cc1NC(=O)C1CCN(S(=O)(=O)c2ccc(F)c(F)c2)CC1. The Bertz CT molecular complexity index is 1010. The van der Waals surface area contributed by atoms with Crippen molar-refractivity contribution in [1.82, 2.24) is 4.31 Å². The van der Waals surface area contributed by atoms with Gasteiger partial charge in [0, 0.05) is 29.7 Å². The van der Waals surface area contributed by atoms with E-state index in [1.54, 1.807) is 18.2 Å². The van der Waals surface area contributed by atoms with Crippen molar-refractivity contribution in [2.24, 2.45) is 5.92 Å². The standard InChI is InChI=1S/C19H19ClF2N2O3S/c1-12-2-3-14(20)10-18(12)23-19(25)13-6-8-24(9-7-13)28(26,27)15-4-5-16(21)17(22)11-15/h2-5,10-11,13H,6-9H2,1H3,(H,23,25). The van der Waals surface area contributed by atoms with E-state index in [9.17, 15) is 22.0 Å². The van der Waals surface area contributed by atoms with Crippen LogP contribution in [0.3, 0.4) is 0 Å². The van der Waals surface area contributed by atoms with Crippen LogP contribution in [0.15, 0.2) is 41.3 Å². The van der Waals surface area contributed by atoms with E-state index in [2.05, 4.69) is 5.32 Å². The predicted molar refractivity (Wildman–Crippen MR) is 103 cm³/mol. The third-order valence-corrected chi connectivity index (χ3v) is 6.94. The van der Waals surface area contributed by atoms with Crippen molar-refractivity contribution in [3.05, 3.63) is 58.6 Å². The molecule has 1 heterocycles. The summed E-state index contributed by atoms with van der Waals surface area (Å²) in [6.45, 7) is 2.09. The van der Waals surface area contributed by atoms with E-state index in [4.69, 9.17) is 11.6 Å². The number of piperidine rings is 1. The van der Waals surface area contributed by atoms with Crippen LogP contribution < -0.4 is 5.32 Å². The van der Waals surface area contributed by atoms with E-state index in [-0.39, 0.29) is 29.8 Å². The number of benzene rings is 2. The molecule has 0 spiro atoms. The van der Waals surface area contributed by atoms with Gasteiger partial charge in [0.2, 0.25) is 15.9 Å². The number of hydrogen-bond acceptors (Lipinski definition) is 3. The van der Waals surface area contributed by atoms with E-state index < -0.39 is 21.7 Å². The zero-order valence-corrected chi connectivity index (χ0v) is 16.7. The predicted octanol–water partition coefficient (Wildman–Crippen LogP) is 3.97. The zero-order valence-electron chi connectivity index (χ0n) is 15.1. The molecule has 9 heteroatoms. The lowest BCUT2D eigenvalue weighted by Crippen LogP contribution is -2.41. The highest BCUT2D eigenvalue weighted by atomic mass is 35.5. The smallest absolute Gasteiger partial charge is 0.243 e. The van der Waals surface area contributed by atoms with Gasteiger partial charge in [0.25, 0.3) is 0 Å². The van der Waals surface area contributed by atoms with Crippen LogP contribution in [0.2, 0.25) is 5.02 Å². The summed E-state index contributed by atoms with van der Waals surface area (Å²) in [5.74, 6) is -2.87. The van der Waals surface area contributed by atoms with Gasteiger partial charge in [-0.05, 0) is 55.7 Å². The Morgan fingerprint density at radius 1 is 1.11 bits per heavy atom. The van der Waals surface area contributed by atoms with Crippen molar-refractivity contribution in [3.63, 3.8) is 0 Å². The van der Waals surface area contributed by atoms with Crippen molar-refractivity contribution >= 4 is 33.2 Å². The molecule has 0 saturated carbocycles. The maximum atomic E-state index is 13.4. The molecule has 1 saturated heterocycles. The number of amides is 1. The number of hydrogen-bond donors (Lipinski definition) is 1. The van der Waals surface area contributed by atoms with Gasteiger partial charge in [-0.15, -0.1) is 0 Å². The summed E-state index contributed by atoms with van der Waals surface area (Å²) >= 11 is 5.96. The molecule has 0 aliphatic carbocycles. The number of rotatable bonds is 4. The second kappa shape index (κ2) is 8.14. The lowest BCUT2D eigenvalue weighted by atomic mass is 9.97. The largest absolute Gasteiger partial charge is 0.326 e. The molecule has 1 aliphatic rings. The number of sulfonamides is 1. The minimum absolute atomic E-state index is 0.119. The summed E-state index contributed by atoms with van der Waals surface area (Å²) in [5, 5.41) is 3.34. The van der Waals surface area contributed by atoms with Crippen molar-refractivity contribution in [2.75, 3.05) is 18.4 Å². The van der Waals surface area contributed by atoms with Crippen LogP contribution in [0.4, 0.5) is 14.5 Å². The highest BCUT2D eigenvalue weighted by Gasteiger charge is 2.32. The highest BCUT2D eigenvalue weighted by Crippen LogP contribution is 2.27. The molecule has 2 aromatic rings. The molecule has 0 unspecified atom stereocenters. The third-order valence-electron chi connectivity index (χ3n) is 4.81. The van der Waals surface area contributed by atoms with E-state index in [0.717, 1.165) is 17.7 Å². The van der Waals surface area contributed by atoms with E-state index >= 15 is 0 Å². The Morgan fingerprint density at radius 3 is 2.43 bits per heavy atom. The van der Waals surface area contributed by atoms with Gasteiger partial charge >= 0.3 is 0 Å². The minimum Gasteiger partial charge on any atom is -0.326 e. The molecule has 0 atom stereocenters. The lowest BCUT2D eigenvalue weighted by Gasteiger charge is -2.30. The molecule has 1 fully saturated rings. The summed E-state index contributed by atoms with van der Waals surface area (Å²) in [5.41, 5.74) is 1.49. The second-order valence-corrected chi connectivity index (χ2v) is 9.08. The average molecular weight is 429 g/mol. The Kier molecular flexibility index (Phi) is 6.02. The van der Waals surface area contributed by atoms with Gasteiger partial charge in [-0.1, -0.05) is 17.7 Å². The Labute approximate surface area is 167 Å². The number of carbonyl (C=O) groups excluding carboxylic acids is 1. The van der Waals surface area contributed by atoms with Crippen LogP contribution in [-0.4, -0.2) is 31.7 Å². The van der Waals surface area contributed by atoms with E-state index in [1.807, 2.05) is 6.92 Å². The summed E-state index contributed by atoms with van der Waals surface area (Å²) in [6.07, 6.45) is 0.655. The minimum atomic E-state index is -3.94. The molecule has 3 rings (SSSR count). The molecular formula is C19H19ClF2N2O3S. The third kappa shape index (κ3) is 4.34. The number of nitrogens with one attached hydrogen (secondary N) is 1. The summed E-state index contributed by atoms with van der Waals surface area (Å²) in [7, 11) is -3.94. The molecule has 150 valence electrons. The van der Waals surface area contributed by atoms with Crippen LogP contribution in [0.1, 0.15) is 18.4 Å². The molecule has 0 aromatic heterocycles. The van der Waals surface area contributed by atoms with Crippen LogP contribution in [0, 0.1) is 24.5 Å². The quantitative estimate of drug-likeness (QED) is 0.801. The molecule has 2 aromatic carbocycles. The van der Waals surface area contributed by atoms with Gasteiger partial charge in [-0.3, -0.25) is 4.79 Å². The van der Waals surface area contributed by atoms with Gasteiger partial charge in [0.05, 0.1) is 4.90 Å². The Hall–Kier alpha value is -2.03. The first kappa shape index (κ1) is 20.7. The number of halogens is 3. The maximum Gasteiger partial charge on any atom is 0.243 e. The van der Waals surface area contributed by atoms with Crippen molar-refractivity contribution < 1.29 is 22.0 Å². The molecule has 1 N–H and O–H groups in total. The average Bonchev–Trinajstić information content (AvgIpc) is 2.67. The Balaban J connectivity index is 1.65. The van der Waals surface area contributed by atoms with Gasteiger partial charge in [0.15, 0.2) is 11.6 Å². The van der Waals surface area contributed by atoms with Gasteiger partial charge in [-0.25, -0.2) is 17.2 Å². The zero-order chi connectivity index (χ0) is 20.5. The molecule has 5 nitrogen and oxygen atoms in total.